The summed E-state index contributed by atoms with van der Waals surface area (Å²) in [5, 5.41) is 9.85. The molecule has 0 unspecified atom stereocenters. The molecule has 0 radical (unpaired) electrons. The number of carbonyl (C=O) groups is 1. The minimum atomic E-state index is -0.204. The van der Waals surface area contributed by atoms with E-state index in [1.54, 1.807) is 0 Å². The van der Waals surface area contributed by atoms with E-state index in [4.69, 9.17) is 4.74 Å². The molecule has 2 aliphatic rings. The third-order valence-corrected chi connectivity index (χ3v) is 9.34. The van der Waals surface area contributed by atoms with Crippen molar-refractivity contribution in [1.82, 2.24) is 0 Å². The third-order valence-electron chi connectivity index (χ3n) is 9.34. The van der Waals surface area contributed by atoms with Gasteiger partial charge in [0, 0.05) is 0 Å². The Hall–Kier alpha value is -1.82. The topological polar surface area (TPSA) is 50.1 Å². The Bertz CT molecular complexity index is 807. The van der Waals surface area contributed by atoms with Gasteiger partial charge >= 0.3 is 5.97 Å². The van der Waals surface area contributed by atoms with E-state index in [-0.39, 0.29) is 17.5 Å². The molecule has 0 saturated heterocycles. The molecule has 206 valence electrons. The summed E-state index contributed by atoms with van der Waals surface area (Å²) in [5.41, 5.74) is 1.84. The highest BCUT2D eigenvalue weighted by Crippen LogP contribution is 2.41. The smallest absolute Gasteiger partial charge is 0.338 e. The molecule has 3 rings (SSSR count). The zero-order valence-corrected chi connectivity index (χ0v) is 23.9. The maximum absolute atomic E-state index is 12.8. The Kier molecular flexibility index (Phi) is 13.0. The Morgan fingerprint density at radius 1 is 0.838 bits per heavy atom. The first-order valence-electron chi connectivity index (χ1n) is 15.8. The molecular formula is C34H53NO2. The Labute approximate surface area is 227 Å². The van der Waals surface area contributed by atoms with Crippen LogP contribution in [0.2, 0.25) is 0 Å². The third kappa shape index (κ3) is 9.77. The van der Waals surface area contributed by atoms with Crippen LogP contribution in [0.3, 0.4) is 0 Å². The molecule has 0 amide bonds. The number of benzene rings is 1. The van der Waals surface area contributed by atoms with Crippen molar-refractivity contribution in [2.75, 3.05) is 0 Å². The Morgan fingerprint density at radius 2 is 1.43 bits per heavy atom. The summed E-state index contributed by atoms with van der Waals surface area (Å²) in [4.78, 5) is 12.8. The van der Waals surface area contributed by atoms with Gasteiger partial charge < -0.3 is 4.74 Å². The van der Waals surface area contributed by atoms with Gasteiger partial charge in [0.25, 0.3) is 0 Å². The highest BCUT2D eigenvalue weighted by Gasteiger charge is 2.36. The number of hydrogen-bond acceptors (Lipinski definition) is 3. The summed E-state index contributed by atoms with van der Waals surface area (Å²) < 4.78 is 5.89. The lowest BCUT2D eigenvalue weighted by Gasteiger charge is -2.34. The molecule has 1 aromatic carbocycles. The average Bonchev–Trinajstić information content (AvgIpc) is 2.94. The van der Waals surface area contributed by atoms with Gasteiger partial charge in [0.05, 0.1) is 17.0 Å². The minimum absolute atomic E-state index is 0.0500. The van der Waals surface area contributed by atoms with E-state index in [2.05, 4.69) is 32.0 Å². The van der Waals surface area contributed by atoms with Crippen molar-refractivity contribution in [3.05, 3.63) is 35.4 Å². The molecular weight excluding hydrogens is 454 g/mol. The molecule has 0 N–H and O–H groups in total. The van der Waals surface area contributed by atoms with Gasteiger partial charge in [0.15, 0.2) is 0 Å². The molecule has 3 nitrogen and oxygen atoms in total. The van der Waals surface area contributed by atoms with Gasteiger partial charge in [0.2, 0.25) is 0 Å². The quantitative estimate of drug-likeness (QED) is 0.175. The van der Waals surface area contributed by atoms with Gasteiger partial charge in [-0.3, -0.25) is 0 Å². The highest BCUT2D eigenvalue weighted by molar-refractivity contribution is 5.89. The van der Waals surface area contributed by atoms with Crippen molar-refractivity contribution in [3.63, 3.8) is 0 Å². The van der Waals surface area contributed by atoms with Gasteiger partial charge in [0.1, 0.15) is 6.10 Å². The normalized spacial score (nSPS) is 25.9. The largest absolute Gasteiger partial charge is 0.459 e. The second kappa shape index (κ2) is 16.2. The van der Waals surface area contributed by atoms with Crippen LogP contribution in [-0.4, -0.2) is 12.1 Å². The summed E-state index contributed by atoms with van der Waals surface area (Å²) in [7, 11) is 0. The van der Waals surface area contributed by atoms with Crippen LogP contribution in [0.4, 0.5) is 0 Å². The van der Waals surface area contributed by atoms with Crippen LogP contribution in [0.1, 0.15) is 164 Å². The summed E-state index contributed by atoms with van der Waals surface area (Å²) in [6, 6.07) is 10.9. The first-order valence-corrected chi connectivity index (χ1v) is 15.8. The predicted octanol–water partition coefficient (Wildman–Crippen LogP) is 10.3. The molecule has 1 aromatic rings. The van der Waals surface area contributed by atoms with Crippen molar-refractivity contribution in [1.29, 1.82) is 5.26 Å². The van der Waals surface area contributed by atoms with E-state index >= 15 is 0 Å². The van der Waals surface area contributed by atoms with Crippen LogP contribution in [0.25, 0.3) is 0 Å². The van der Waals surface area contributed by atoms with Crippen LogP contribution < -0.4 is 0 Å². The van der Waals surface area contributed by atoms with Crippen LogP contribution in [0, 0.1) is 22.7 Å². The number of nitriles is 1. The number of carbonyl (C=O) groups excluding carboxylic acids is 1. The van der Waals surface area contributed by atoms with Gasteiger partial charge in [-0.2, -0.15) is 5.26 Å². The fraction of sp³-hybridized carbons (Fsp3) is 0.765. The number of nitrogens with zero attached hydrogens (tertiary/aromatic N) is 1. The van der Waals surface area contributed by atoms with Gasteiger partial charge in [-0.05, 0) is 87.3 Å². The molecule has 0 bridgehead atoms. The van der Waals surface area contributed by atoms with E-state index in [1.807, 2.05) is 12.1 Å². The van der Waals surface area contributed by atoms with E-state index in [0.29, 0.717) is 11.5 Å². The van der Waals surface area contributed by atoms with Crippen molar-refractivity contribution in [3.8, 4) is 6.07 Å². The number of unbranched alkanes of at least 4 members (excludes halogenated alkanes) is 8. The molecule has 3 heteroatoms. The number of rotatable bonds is 15. The summed E-state index contributed by atoms with van der Waals surface area (Å²) in [5.74, 6) is 1.36. The maximum Gasteiger partial charge on any atom is 0.338 e. The molecule has 0 spiro atoms. The monoisotopic (exact) mass is 507 g/mol. The van der Waals surface area contributed by atoms with Gasteiger partial charge in [-0.15, -0.1) is 0 Å². The molecule has 2 aliphatic carbocycles. The molecule has 2 saturated carbocycles. The first-order chi connectivity index (χ1) is 18.1. The standard InChI is InChI=1S/C34H53NO2/c1-3-5-7-9-11-13-28-14-16-29(17-15-28)30-18-20-31(21-19-30)33(36)37-32-22-25-34(27-35,26-23-32)24-12-10-8-6-4-2/h18-21,28-29,32H,3-17,22-26H2,1-2H3/t28-,29-,32?,34?. The second-order valence-electron chi connectivity index (χ2n) is 12.2. The highest BCUT2D eigenvalue weighted by atomic mass is 16.5. The van der Waals surface area contributed by atoms with Gasteiger partial charge in [-0.25, -0.2) is 4.79 Å². The molecule has 37 heavy (non-hydrogen) atoms. The fourth-order valence-corrected chi connectivity index (χ4v) is 6.68. The second-order valence-corrected chi connectivity index (χ2v) is 12.2. The zero-order chi connectivity index (χ0) is 26.3. The van der Waals surface area contributed by atoms with Crippen LogP contribution in [-0.2, 0) is 4.74 Å². The number of ether oxygens (including phenoxy) is 1. The van der Waals surface area contributed by atoms with Crippen molar-refractivity contribution < 1.29 is 9.53 Å². The fourth-order valence-electron chi connectivity index (χ4n) is 6.68. The summed E-state index contributed by atoms with van der Waals surface area (Å²) in [6.07, 6.45) is 24.1. The van der Waals surface area contributed by atoms with Crippen LogP contribution in [0.5, 0.6) is 0 Å². The van der Waals surface area contributed by atoms with Gasteiger partial charge in [-0.1, -0.05) is 96.6 Å². The number of esters is 1. The SMILES string of the molecule is CCCCCCCC1(C#N)CCC(OC(=O)c2ccc([C@H]3CC[C@H](CCCCCCC)CC3)cc2)CC1. The molecule has 2 fully saturated rings. The minimum Gasteiger partial charge on any atom is -0.459 e. The predicted molar refractivity (Wildman–Crippen MR) is 154 cm³/mol. The van der Waals surface area contributed by atoms with Crippen LogP contribution >= 0.6 is 0 Å². The number of hydrogen-bond donors (Lipinski definition) is 0. The van der Waals surface area contributed by atoms with Crippen molar-refractivity contribution in [2.24, 2.45) is 11.3 Å². The Morgan fingerprint density at radius 3 is 2.03 bits per heavy atom. The molecule has 0 atom stereocenters. The van der Waals surface area contributed by atoms with Crippen molar-refractivity contribution in [2.45, 2.75) is 154 Å². The maximum atomic E-state index is 12.8. The van der Waals surface area contributed by atoms with E-state index in [9.17, 15) is 10.1 Å². The lowest BCUT2D eigenvalue weighted by molar-refractivity contribution is 0.0105. The van der Waals surface area contributed by atoms with Crippen LogP contribution in [0.15, 0.2) is 24.3 Å². The summed E-state index contributed by atoms with van der Waals surface area (Å²) in [6.45, 7) is 4.51. The summed E-state index contributed by atoms with van der Waals surface area (Å²) >= 11 is 0. The molecule has 0 aromatic heterocycles. The Balaban J connectivity index is 1.37. The van der Waals surface area contributed by atoms with E-state index in [0.717, 1.165) is 44.4 Å². The van der Waals surface area contributed by atoms with E-state index in [1.165, 1.54) is 95.5 Å². The first kappa shape index (κ1) is 29.7. The van der Waals surface area contributed by atoms with Crippen molar-refractivity contribution >= 4 is 5.97 Å². The average molecular weight is 508 g/mol. The zero-order valence-electron chi connectivity index (χ0n) is 23.9. The van der Waals surface area contributed by atoms with E-state index < -0.39 is 0 Å². The lowest BCUT2D eigenvalue weighted by Crippen LogP contribution is -2.31. The lowest BCUT2D eigenvalue weighted by atomic mass is 9.71. The molecule has 0 aliphatic heterocycles. The molecule has 0 heterocycles.